The number of rotatable bonds is 2. The summed E-state index contributed by atoms with van der Waals surface area (Å²) in [6.07, 6.45) is 2.60. The van der Waals surface area contributed by atoms with Crippen LogP contribution in [0.25, 0.3) is 0 Å². The summed E-state index contributed by atoms with van der Waals surface area (Å²) in [4.78, 5) is 0. The summed E-state index contributed by atoms with van der Waals surface area (Å²) in [6, 6.07) is 6.61. The van der Waals surface area contributed by atoms with Gasteiger partial charge in [-0.25, -0.2) is 0 Å². The monoisotopic (exact) mass is 239 g/mol. The molecule has 2 rings (SSSR count). The first-order valence-corrected chi connectivity index (χ1v) is 5.49. The van der Waals surface area contributed by atoms with Crippen LogP contribution in [0.2, 0.25) is 0 Å². The van der Waals surface area contributed by atoms with Gasteiger partial charge in [0.25, 0.3) is 0 Å². The third-order valence-corrected chi connectivity index (χ3v) is 3.21. The highest BCUT2D eigenvalue weighted by molar-refractivity contribution is 9.10. The van der Waals surface area contributed by atoms with Crippen molar-refractivity contribution in [2.45, 2.75) is 25.8 Å². The quantitative estimate of drug-likeness (QED) is 0.844. The highest BCUT2D eigenvalue weighted by atomic mass is 79.9. The van der Waals surface area contributed by atoms with E-state index >= 15 is 0 Å². The van der Waals surface area contributed by atoms with Crippen LogP contribution in [0.5, 0.6) is 0 Å². The van der Waals surface area contributed by atoms with Crippen molar-refractivity contribution in [1.29, 1.82) is 0 Å². The second-order valence-electron chi connectivity index (χ2n) is 3.86. The minimum absolute atomic E-state index is 0.257. The molecule has 0 aromatic heterocycles. The first-order valence-electron chi connectivity index (χ1n) is 4.70. The summed E-state index contributed by atoms with van der Waals surface area (Å²) in [6.45, 7) is 2.13. The Kier molecular flexibility index (Phi) is 2.43. The summed E-state index contributed by atoms with van der Waals surface area (Å²) >= 11 is 3.46. The van der Waals surface area contributed by atoms with Gasteiger partial charge in [-0.1, -0.05) is 22.0 Å². The lowest BCUT2D eigenvalue weighted by Gasteiger charge is -2.13. The van der Waals surface area contributed by atoms with Crippen molar-refractivity contribution in [2.75, 3.05) is 0 Å². The van der Waals surface area contributed by atoms with Crippen LogP contribution in [0.15, 0.2) is 22.7 Å². The van der Waals surface area contributed by atoms with Crippen LogP contribution in [-0.2, 0) is 0 Å². The third kappa shape index (κ3) is 1.94. The zero-order chi connectivity index (χ0) is 9.42. The summed E-state index contributed by atoms with van der Waals surface area (Å²) < 4.78 is 1.14. The van der Waals surface area contributed by atoms with Gasteiger partial charge < -0.3 is 5.73 Å². The highest BCUT2D eigenvalue weighted by Crippen LogP contribution is 2.40. The Morgan fingerprint density at radius 2 is 2.15 bits per heavy atom. The Morgan fingerprint density at radius 1 is 1.46 bits per heavy atom. The first-order chi connectivity index (χ1) is 6.18. The van der Waals surface area contributed by atoms with Gasteiger partial charge in [-0.15, -0.1) is 0 Å². The lowest BCUT2D eigenvalue weighted by atomic mass is 9.99. The minimum Gasteiger partial charge on any atom is -0.324 e. The molecule has 0 bridgehead atoms. The lowest BCUT2D eigenvalue weighted by Crippen LogP contribution is -2.13. The fraction of sp³-hybridized carbons (Fsp3) is 0.455. The molecule has 0 aliphatic heterocycles. The number of halogens is 1. The molecule has 2 N–H and O–H groups in total. The number of benzene rings is 1. The summed E-state index contributed by atoms with van der Waals surface area (Å²) in [5, 5.41) is 0. The van der Waals surface area contributed by atoms with Gasteiger partial charge in [-0.2, -0.15) is 0 Å². The van der Waals surface area contributed by atoms with E-state index in [1.54, 1.807) is 0 Å². The van der Waals surface area contributed by atoms with Crippen LogP contribution in [0.3, 0.4) is 0 Å². The smallest absolute Gasteiger partial charge is 0.0326 e. The van der Waals surface area contributed by atoms with Crippen LogP contribution in [0.4, 0.5) is 0 Å². The van der Waals surface area contributed by atoms with Crippen molar-refractivity contribution in [3.63, 3.8) is 0 Å². The van der Waals surface area contributed by atoms with Gasteiger partial charge in [0.1, 0.15) is 0 Å². The first kappa shape index (κ1) is 9.22. The van der Waals surface area contributed by atoms with Crippen LogP contribution in [-0.4, -0.2) is 0 Å². The summed E-state index contributed by atoms with van der Waals surface area (Å²) in [5.41, 5.74) is 8.75. The normalized spacial score (nSPS) is 18.7. The SMILES string of the molecule is Cc1cc(Br)ccc1C(N)C1CC1. The van der Waals surface area contributed by atoms with Crippen LogP contribution < -0.4 is 5.73 Å². The number of aryl methyl sites for hydroxylation is 1. The molecule has 0 saturated heterocycles. The number of nitrogens with two attached hydrogens (primary N) is 1. The van der Waals surface area contributed by atoms with Gasteiger partial charge in [0.15, 0.2) is 0 Å². The lowest BCUT2D eigenvalue weighted by molar-refractivity contribution is 0.629. The fourth-order valence-electron chi connectivity index (χ4n) is 1.72. The van der Waals surface area contributed by atoms with E-state index in [4.69, 9.17) is 5.73 Å². The molecule has 1 nitrogen and oxygen atoms in total. The molecule has 13 heavy (non-hydrogen) atoms. The maximum Gasteiger partial charge on any atom is 0.0326 e. The third-order valence-electron chi connectivity index (χ3n) is 2.72. The molecular formula is C11H14BrN. The number of hydrogen-bond acceptors (Lipinski definition) is 1. The Balaban J connectivity index is 2.28. The Bertz CT molecular complexity index is 318. The molecule has 1 unspecified atom stereocenters. The fourth-order valence-corrected chi connectivity index (χ4v) is 2.20. The number of hydrogen-bond donors (Lipinski definition) is 1. The zero-order valence-corrected chi connectivity index (χ0v) is 9.34. The van der Waals surface area contributed by atoms with Crippen molar-refractivity contribution in [3.05, 3.63) is 33.8 Å². The summed E-state index contributed by atoms with van der Waals surface area (Å²) in [5.74, 6) is 0.736. The minimum atomic E-state index is 0.257. The molecule has 0 radical (unpaired) electrons. The zero-order valence-electron chi connectivity index (χ0n) is 7.76. The van der Waals surface area contributed by atoms with Crippen molar-refractivity contribution < 1.29 is 0 Å². The van der Waals surface area contributed by atoms with Gasteiger partial charge >= 0.3 is 0 Å². The van der Waals surface area contributed by atoms with Crippen molar-refractivity contribution in [1.82, 2.24) is 0 Å². The summed E-state index contributed by atoms with van der Waals surface area (Å²) in [7, 11) is 0. The van der Waals surface area contributed by atoms with E-state index in [0.717, 1.165) is 10.4 Å². The molecule has 0 heterocycles. The van der Waals surface area contributed by atoms with Gasteiger partial charge in [0.05, 0.1) is 0 Å². The predicted molar refractivity (Wildman–Crippen MR) is 58.5 cm³/mol. The molecule has 1 aliphatic carbocycles. The maximum atomic E-state index is 6.14. The Labute approximate surface area is 87.5 Å². The van der Waals surface area contributed by atoms with Crippen molar-refractivity contribution >= 4 is 15.9 Å². The molecule has 0 amide bonds. The van der Waals surface area contributed by atoms with Crippen LogP contribution in [0, 0.1) is 12.8 Å². The average Bonchev–Trinajstić information content (AvgIpc) is 2.85. The van der Waals surface area contributed by atoms with Crippen molar-refractivity contribution in [3.8, 4) is 0 Å². The molecule has 2 heteroatoms. The molecule has 1 aromatic rings. The highest BCUT2D eigenvalue weighted by Gasteiger charge is 2.30. The van der Waals surface area contributed by atoms with Crippen LogP contribution >= 0.6 is 15.9 Å². The van der Waals surface area contributed by atoms with Gasteiger partial charge in [0, 0.05) is 10.5 Å². The topological polar surface area (TPSA) is 26.0 Å². The molecule has 1 aromatic carbocycles. The molecular weight excluding hydrogens is 226 g/mol. The van der Waals surface area contributed by atoms with E-state index in [-0.39, 0.29) is 6.04 Å². The molecule has 1 aliphatic rings. The van der Waals surface area contributed by atoms with Gasteiger partial charge in [0.2, 0.25) is 0 Å². The Morgan fingerprint density at radius 3 is 2.69 bits per heavy atom. The Hall–Kier alpha value is -0.340. The second kappa shape index (κ2) is 3.43. The molecule has 70 valence electrons. The largest absolute Gasteiger partial charge is 0.324 e. The standard InChI is InChI=1S/C11H14BrN/c1-7-6-9(12)4-5-10(7)11(13)8-2-3-8/h4-6,8,11H,2-3,13H2,1H3. The van der Waals surface area contributed by atoms with E-state index in [1.807, 2.05) is 0 Å². The molecule has 1 fully saturated rings. The van der Waals surface area contributed by atoms with E-state index in [2.05, 4.69) is 41.1 Å². The van der Waals surface area contributed by atoms with Gasteiger partial charge in [-0.3, -0.25) is 0 Å². The van der Waals surface area contributed by atoms with E-state index in [9.17, 15) is 0 Å². The van der Waals surface area contributed by atoms with Crippen molar-refractivity contribution in [2.24, 2.45) is 11.7 Å². The molecule has 1 saturated carbocycles. The van der Waals surface area contributed by atoms with E-state index < -0.39 is 0 Å². The predicted octanol–water partition coefficient (Wildman–Crippen LogP) is 3.17. The maximum absolute atomic E-state index is 6.14. The van der Waals surface area contributed by atoms with E-state index in [0.29, 0.717) is 0 Å². The van der Waals surface area contributed by atoms with E-state index in [1.165, 1.54) is 24.0 Å². The van der Waals surface area contributed by atoms with Gasteiger partial charge in [-0.05, 0) is 48.9 Å². The second-order valence-corrected chi connectivity index (χ2v) is 4.78. The molecule has 1 atom stereocenters. The molecule has 0 spiro atoms. The van der Waals surface area contributed by atoms with Crippen LogP contribution in [0.1, 0.15) is 30.0 Å². The average molecular weight is 240 g/mol.